The van der Waals surface area contributed by atoms with Crippen molar-refractivity contribution in [3.05, 3.63) is 57.8 Å². The normalized spacial score (nSPS) is 29.2. The molecule has 0 saturated carbocycles. The van der Waals surface area contributed by atoms with E-state index in [1.807, 2.05) is 0 Å². The summed E-state index contributed by atoms with van der Waals surface area (Å²) in [5.41, 5.74) is -0.517. The highest BCUT2D eigenvalue weighted by Crippen LogP contribution is 2.58. The van der Waals surface area contributed by atoms with Crippen molar-refractivity contribution in [2.75, 3.05) is 7.11 Å². The summed E-state index contributed by atoms with van der Waals surface area (Å²) in [5.74, 6) is -19.5. The van der Waals surface area contributed by atoms with Crippen LogP contribution in [0.2, 0.25) is 0 Å². The van der Waals surface area contributed by atoms with Crippen LogP contribution in [0.25, 0.3) is 22.3 Å². The molecule has 3 aliphatic heterocycles. The molecule has 3 aliphatic rings. The van der Waals surface area contributed by atoms with Gasteiger partial charge >= 0.3 is 29.5 Å². The third-order valence-electron chi connectivity index (χ3n) is 8.04. The van der Waals surface area contributed by atoms with Crippen LogP contribution in [-0.4, -0.2) is 106 Å². The van der Waals surface area contributed by atoms with Gasteiger partial charge in [0.15, 0.2) is 5.76 Å². The van der Waals surface area contributed by atoms with Gasteiger partial charge in [-0.25, -0.2) is 0 Å². The van der Waals surface area contributed by atoms with Gasteiger partial charge in [-0.1, -0.05) is 11.6 Å². The maximum Gasteiger partial charge on any atom is 0.357 e. The number of aromatic hydroxyl groups is 1. The first kappa shape index (κ1) is 34.9. The van der Waals surface area contributed by atoms with Gasteiger partial charge in [-0.15, -0.1) is 0 Å². The van der Waals surface area contributed by atoms with Crippen molar-refractivity contribution in [3.8, 4) is 34.3 Å². The number of phenols is 1. The Morgan fingerprint density at radius 2 is 1.47 bits per heavy atom. The molecule has 3 saturated heterocycles. The van der Waals surface area contributed by atoms with Crippen LogP contribution in [0, 0.1) is 0 Å². The summed E-state index contributed by atoms with van der Waals surface area (Å²) in [7, 11) is 1.41. The zero-order chi connectivity index (χ0) is 36.1. The summed E-state index contributed by atoms with van der Waals surface area (Å²) in [6.45, 7) is 4.52. The maximum atomic E-state index is 14.2. The highest BCUT2D eigenvalue weighted by molar-refractivity contribution is 5.91. The molecule has 4 heterocycles. The minimum atomic E-state index is -3.25. The largest absolute Gasteiger partial charge is 0.507 e. The van der Waals surface area contributed by atoms with Crippen LogP contribution < -0.4 is 19.6 Å². The van der Waals surface area contributed by atoms with Gasteiger partial charge in [0, 0.05) is 24.1 Å². The molecule has 6 rings (SSSR count). The van der Waals surface area contributed by atoms with Crippen molar-refractivity contribution in [2.24, 2.45) is 0 Å². The number of fused-ring (bicyclic) bond motifs is 1. The molecule has 4 unspecified atom stereocenters. The van der Waals surface area contributed by atoms with E-state index in [1.165, 1.54) is 31.4 Å². The first-order chi connectivity index (χ1) is 22.7. The predicted molar refractivity (Wildman–Crippen MR) is 154 cm³/mol. The Morgan fingerprint density at radius 3 is 1.96 bits per heavy atom. The Labute approximate surface area is 274 Å². The lowest BCUT2D eigenvalue weighted by molar-refractivity contribution is -0.322. The molecule has 0 bridgehead atoms. The van der Waals surface area contributed by atoms with E-state index in [1.54, 1.807) is 19.9 Å². The SMILES string of the molecule is COc1ccc(-c2oc3c(CC=C(C)C)c(OC4(C(O)O)OC4(O)O)cc(O)c3c(=O)c2OC2(C)OC2(O)OC2(C(O)O)OC2(O)O)cc1. The van der Waals surface area contributed by atoms with Crippen molar-refractivity contribution in [1.82, 2.24) is 0 Å². The molecular formula is C30H32O19. The van der Waals surface area contributed by atoms with Crippen LogP contribution >= 0.6 is 0 Å². The number of methoxy groups -OCH3 is 1. The zero-order valence-corrected chi connectivity index (χ0v) is 26.0. The standard InChI is InChI=1S/C30H32O19/c1-12(2)5-10-15-17(44-26(23(33)34)28(37,38)47-26)11-16(31)18-19(32)22(20(43-21(15)18)13-6-8-14(42-4)9-7-13)45-25(3)30(41,46-25)49-27(24(35)36)29(39,40)48-27/h5-9,11,23-24,31,33-41H,10H2,1-4H3. The molecule has 4 atom stereocenters. The number of rotatable bonds is 12. The number of hydrogen-bond donors (Lipinski definition) is 10. The minimum absolute atomic E-state index is 0.0144. The number of benzene rings is 2. The van der Waals surface area contributed by atoms with E-state index < -0.39 is 75.9 Å². The molecule has 3 fully saturated rings. The van der Waals surface area contributed by atoms with Gasteiger partial charge in [0.1, 0.15) is 28.2 Å². The lowest BCUT2D eigenvalue weighted by atomic mass is 10.0. The summed E-state index contributed by atoms with van der Waals surface area (Å²) >= 11 is 0. The molecule has 0 amide bonds. The van der Waals surface area contributed by atoms with Crippen LogP contribution in [0.1, 0.15) is 26.3 Å². The number of phenolic OH excluding ortho intramolecular Hbond substituents is 1. The minimum Gasteiger partial charge on any atom is -0.507 e. The summed E-state index contributed by atoms with van der Waals surface area (Å²) in [4.78, 5) is 14.2. The smallest absolute Gasteiger partial charge is 0.357 e. The van der Waals surface area contributed by atoms with E-state index in [2.05, 4.69) is 9.47 Å². The highest BCUT2D eigenvalue weighted by atomic mass is 17.1. The first-order valence-corrected chi connectivity index (χ1v) is 14.3. The lowest BCUT2D eigenvalue weighted by Crippen LogP contribution is -2.46. The Balaban J connectivity index is 1.53. The van der Waals surface area contributed by atoms with E-state index in [-0.39, 0.29) is 28.9 Å². The number of epoxide rings is 3. The topological polar surface area (TPSA) is 307 Å². The molecule has 10 N–H and O–H groups in total. The molecule has 266 valence electrons. The van der Waals surface area contributed by atoms with Crippen LogP contribution in [-0.2, 0) is 25.4 Å². The fourth-order valence-corrected chi connectivity index (χ4v) is 5.07. The second-order valence-corrected chi connectivity index (χ2v) is 11.8. The van der Waals surface area contributed by atoms with Crippen molar-refractivity contribution in [2.45, 2.75) is 75.1 Å². The van der Waals surface area contributed by atoms with E-state index in [0.29, 0.717) is 5.75 Å². The van der Waals surface area contributed by atoms with Gasteiger partial charge in [-0.2, -0.15) is 0 Å². The second-order valence-electron chi connectivity index (χ2n) is 11.8. The molecule has 3 aromatic rings. The van der Waals surface area contributed by atoms with Gasteiger partial charge in [0.2, 0.25) is 23.8 Å². The monoisotopic (exact) mass is 696 g/mol. The predicted octanol–water partition coefficient (Wildman–Crippen LogP) is -1.80. The second kappa shape index (κ2) is 11.0. The Hall–Kier alpha value is -3.93. The Kier molecular flexibility index (Phi) is 7.86. The average Bonchev–Trinajstić information content (AvgIpc) is 3.89. The van der Waals surface area contributed by atoms with Crippen LogP contribution in [0.15, 0.2) is 51.2 Å². The number of hydrogen-bond acceptors (Lipinski definition) is 19. The van der Waals surface area contributed by atoms with Gasteiger partial charge in [-0.05, 0) is 44.5 Å². The summed E-state index contributed by atoms with van der Waals surface area (Å²) in [6.07, 6.45) is -3.74. The molecule has 0 aliphatic carbocycles. The first-order valence-electron chi connectivity index (χ1n) is 14.3. The molecule has 19 heteroatoms. The fraction of sp³-hybridized carbons (Fsp3) is 0.433. The maximum absolute atomic E-state index is 14.2. The summed E-state index contributed by atoms with van der Waals surface area (Å²) in [6, 6.07) is 6.76. The Bertz CT molecular complexity index is 1890. The van der Waals surface area contributed by atoms with E-state index in [0.717, 1.165) is 18.6 Å². The quantitative estimate of drug-likeness (QED) is 0.0567. The van der Waals surface area contributed by atoms with E-state index in [4.69, 9.17) is 28.1 Å². The van der Waals surface area contributed by atoms with Crippen molar-refractivity contribution < 1.29 is 88.6 Å². The lowest BCUT2D eigenvalue weighted by Gasteiger charge is -2.22. The highest BCUT2D eigenvalue weighted by Gasteiger charge is 2.86. The number of ether oxygens (including phenoxy) is 7. The molecular weight excluding hydrogens is 664 g/mol. The number of aliphatic hydroxyl groups is 9. The van der Waals surface area contributed by atoms with E-state index >= 15 is 0 Å². The van der Waals surface area contributed by atoms with E-state index in [9.17, 15) is 55.9 Å². The summed E-state index contributed by atoms with van der Waals surface area (Å²) < 4.78 is 41.9. The van der Waals surface area contributed by atoms with Crippen LogP contribution in [0.4, 0.5) is 0 Å². The number of allylic oxidation sites excluding steroid dienone is 2. The zero-order valence-electron chi connectivity index (χ0n) is 26.0. The van der Waals surface area contributed by atoms with Gasteiger partial charge in [0.05, 0.1) is 7.11 Å². The van der Waals surface area contributed by atoms with Crippen molar-refractivity contribution >= 4 is 11.0 Å². The van der Waals surface area contributed by atoms with Crippen LogP contribution in [0.3, 0.4) is 0 Å². The number of aliphatic hydroxyl groups excluding tert-OH is 2. The Morgan fingerprint density at radius 1 is 0.898 bits per heavy atom. The van der Waals surface area contributed by atoms with Gasteiger partial charge < -0.3 is 69.7 Å². The third kappa shape index (κ3) is 5.41. The molecule has 19 nitrogen and oxygen atoms in total. The molecule has 0 radical (unpaired) electrons. The molecule has 2 aromatic carbocycles. The summed E-state index contributed by atoms with van der Waals surface area (Å²) in [5, 5.41) is 99.9. The molecule has 1 aromatic heterocycles. The molecule has 49 heavy (non-hydrogen) atoms. The van der Waals surface area contributed by atoms with Crippen molar-refractivity contribution in [3.63, 3.8) is 0 Å². The van der Waals surface area contributed by atoms with Crippen LogP contribution in [0.5, 0.6) is 23.0 Å². The fourth-order valence-electron chi connectivity index (χ4n) is 5.07. The third-order valence-corrected chi connectivity index (χ3v) is 8.04. The van der Waals surface area contributed by atoms with Gasteiger partial charge in [-0.3, -0.25) is 23.7 Å². The average molecular weight is 697 g/mol. The van der Waals surface area contributed by atoms with Crippen molar-refractivity contribution in [1.29, 1.82) is 0 Å². The van der Waals surface area contributed by atoms with Gasteiger partial charge in [0.25, 0.3) is 5.79 Å². The molecule has 0 spiro atoms.